The Morgan fingerprint density at radius 1 is 0.979 bits per heavy atom. The summed E-state index contributed by atoms with van der Waals surface area (Å²) in [6.07, 6.45) is 6.19. The van der Waals surface area contributed by atoms with Gasteiger partial charge < -0.3 is 14.7 Å². The minimum absolute atomic E-state index is 0.0220. The fourth-order valence-electron chi connectivity index (χ4n) is 7.52. The Labute approximate surface area is 284 Å². The first kappa shape index (κ1) is 33.6. The predicted octanol–water partition coefficient (Wildman–Crippen LogP) is 7.63. The molecule has 3 aromatic rings. The zero-order valence-electron chi connectivity index (χ0n) is 27.0. The van der Waals surface area contributed by atoms with Crippen molar-refractivity contribution in [3.63, 3.8) is 0 Å². The van der Waals surface area contributed by atoms with Gasteiger partial charge in [0.05, 0.1) is 17.0 Å². The summed E-state index contributed by atoms with van der Waals surface area (Å²) in [4.78, 5) is 15.8. The summed E-state index contributed by atoms with van der Waals surface area (Å²) in [5, 5.41) is 11.5. The highest BCUT2D eigenvalue weighted by Gasteiger charge is 2.41. The minimum Gasteiger partial charge on any atom is -0.487 e. The van der Waals surface area contributed by atoms with Crippen LogP contribution in [0.1, 0.15) is 85.0 Å². The molecule has 2 heterocycles. The molecule has 47 heavy (non-hydrogen) atoms. The van der Waals surface area contributed by atoms with Crippen LogP contribution in [0.3, 0.4) is 0 Å². The number of anilines is 1. The molecule has 3 aliphatic rings. The molecule has 0 unspecified atom stereocenters. The Hall–Kier alpha value is -3.33. The summed E-state index contributed by atoms with van der Waals surface area (Å²) < 4.78 is 35.5. The Morgan fingerprint density at radius 3 is 2.55 bits per heavy atom. The normalized spacial score (nSPS) is 25.9. The number of fused-ring (bicyclic) bond motifs is 3. The van der Waals surface area contributed by atoms with Crippen LogP contribution >= 0.6 is 11.6 Å². The zero-order valence-corrected chi connectivity index (χ0v) is 28.6. The molecule has 6 rings (SSSR count). The summed E-state index contributed by atoms with van der Waals surface area (Å²) in [6.45, 7) is 7.54. The van der Waals surface area contributed by atoms with Crippen molar-refractivity contribution >= 4 is 33.2 Å². The minimum atomic E-state index is -4.02. The molecule has 5 atom stereocenters. The number of sulfonamides is 1. The first-order chi connectivity index (χ1) is 22.6. The first-order valence-electron chi connectivity index (χ1n) is 16.9. The molecule has 0 saturated heterocycles. The number of aliphatic hydroxyl groups excluding tert-OH is 1. The second kappa shape index (κ2) is 14.4. The van der Waals surface area contributed by atoms with Crippen LogP contribution in [0.4, 0.5) is 5.69 Å². The molecule has 250 valence electrons. The van der Waals surface area contributed by atoms with E-state index < -0.39 is 27.3 Å². The number of aryl methyl sites for hydroxylation is 1. The summed E-state index contributed by atoms with van der Waals surface area (Å²) in [5.74, 6) is 0.648. The highest BCUT2D eigenvalue weighted by Crippen LogP contribution is 2.48. The number of hydrogen-bond acceptors (Lipinski definition) is 6. The number of ether oxygens (including phenoxy) is 1. The third-order valence-electron chi connectivity index (χ3n) is 10.6. The number of nitrogens with one attached hydrogen (secondary N) is 1. The van der Waals surface area contributed by atoms with Gasteiger partial charge in [0.2, 0.25) is 10.0 Å². The van der Waals surface area contributed by atoms with Crippen LogP contribution in [0.15, 0.2) is 78.9 Å². The lowest BCUT2D eigenvalue weighted by molar-refractivity contribution is 0.00158. The number of carbonyl (C=O) groups is 1. The Morgan fingerprint density at radius 2 is 1.79 bits per heavy atom. The molecule has 1 aliphatic carbocycles. The number of hydrogen-bond donors (Lipinski definition) is 2. The summed E-state index contributed by atoms with van der Waals surface area (Å²) >= 11 is 6.35. The topological polar surface area (TPSA) is 95.9 Å². The molecule has 7 nitrogen and oxygen atoms in total. The molecule has 0 radical (unpaired) electrons. The lowest BCUT2D eigenvalue weighted by Gasteiger charge is -2.46. The van der Waals surface area contributed by atoms with E-state index in [-0.39, 0.29) is 11.5 Å². The smallest absolute Gasteiger partial charge is 0.264 e. The fraction of sp³-hybridized carbons (Fsp3) is 0.447. The van der Waals surface area contributed by atoms with Gasteiger partial charge in [-0.15, -0.1) is 0 Å². The van der Waals surface area contributed by atoms with Gasteiger partial charge in [0.15, 0.2) is 0 Å². The first-order valence-corrected chi connectivity index (χ1v) is 18.8. The van der Waals surface area contributed by atoms with Gasteiger partial charge in [-0.2, -0.15) is 0 Å². The van der Waals surface area contributed by atoms with E-state index in [9.17, 15) is 18.3 Å². The van der Waals surface area contributed by atoms with Gasteiger partial charge in [-0.3, -0.25) is 4.79 Å². The fourth-order valence-corrected chi connectivity index (χ4v) is 8.82. The SMILES string of the molecule is C=C1CCC[C@H]([C@H](O)c2ccccc2)[C@@H]2CC[C@H]2CN2CCCCc3cc(Cl)ccc3COc3ccc(cc32)C(=O)NS(=O)(=O)[C@@H]1C. The van der Waals surface area contributed by atoms with Crippen molar-refractivity contribution in [2.24, 2.45) is 17.8 Å². The van der Waals surface area contributed by atoms with E-state index in [1.54, 1.807) is 25.1 Å². The number of amides is 1. The molecule has 9 heteroatoms. The van der Waals surface area contributed by atoms with Gasteiger partial charge >= 0.3 is 0 Å². The number of nitrogens with zero attached hydrogens (tertiary/aromatic N) is 1. The van der Waals surface area contributed by atoms with Crippen LogP contribution < -0.4 is 14.4 Å². The lowest BCUT2D eigenvalue weighted by Crippen LogP contribution is -2.43. The monoisotopic (exact) mass is 676 g/mol. The highest BCUT2D eigenvalue weighted by atomic mass is 35.5. The Kier molecular flexibility index (Phi) is 10.3. The van der Waals surface area contributed by atoms with E-state index in [1.165, 1.54) is 5.56 Å². The van der Waals surface area contributed by atoms with Crippen molar-refractivity contribution in [1.29, 1.82) is 0 Å². The van der Waals surface area contributed by atoms with E-state index in [0.717, 1.165) is 68.4 Å². The van der Waals surface area contributed by atoms with Gasteiger partial charge in [0, 0.05) is 23.7 Å². The van der Waals surface area contributed by atoms with Crippen molar-refractivity contribution in [2.75, 3.05) is 18.0 Å². The van der Waals surface area contributed by atoms with Gasteiger partial charge in [-0.05, 0) is 123 Å². The van der Waals surface area contributed by atoms with Gasteiger partial charge in [-0.1, -0.05) is 60.2 Å². The maximum absolute atomic E-state index is 13.5. The van der Waals surface area contributed by atoms with Crippen LogP contribution in [0.2, 0.25) is 5.02 Å². The third-order valence-corrected chi connectivity index (χ3v) is 12.5. The van der Waals surface area contributed by atoms with Crippen LogP contribution in [-0.2, 0) is 23.1 Å². The van der Waals surface area contributed by atoms with Crippen molar-refractivity contribution in [3.05, 3.63) is 106 Å². The molecule has 0 aromatic heterocycles. The number of rotatable bonds is 2. The molecule has 1 fully saturated rings. The second-order valence-electron chi connectivity index (χ2n) is 13.5. The van der Waals surface area contributed by atoms with Crippen molar-refractivity contribution in [3.8, 4) is 5.75 Å². The summed E-state index contributed by atoms with van der Waals surface area (Å²) in [6, 6.07) is 21.0. The second-order valence-corrected chi connectivity index (χ2v) is 15.9. The predicted molar refractivity (Wildman–Crippen MR) is 187 cm³/mol. The van der Waals surface area contributed by atoms with E-state index in [4.69, 9.17) is 16.3 Å². The van der Waals surface area contributed by atoms with Crippen LogP contribution in [-0.4, -0.2) is 37.8 Å². The Bertz CT molecular complexity index is 1710. The molecule has 0 spiro atoms. The number of halogens is 1. The lowest BCUT2D eigenvalue weighted by atomic mass is 9.63. The van der Waals surface area contributed by atoms with Crippen LogP contribution in [0.25, 0.3) is 0 Å². The largest absolute Gasteiger partial charge is 0.487 e. The van der Waals surface area contributed by atoms with E-state index in [0.29, 0.717) is 47.6 Å². The molecular formula is C38H45ClN2O5S. The van der Waals surface area contributed by atoms with Gasteiger partial charge in [0.1, 0.15) is 12.4 Å². The zero-order chi connectivity index (χ0) is 33.1. The Balaban J connectivity index is 1.39. The van der Waals surface area contributed by atoms with E-state index in [1.807, 2.05) is 48.5 Å². The average molecular weight is 677 g/mol. The van der Waals surface area contributed by atoms with Crippen LogP contribution in [0.5, 0.6) is 5.75 Å². The third kappa shape index (κ3) is 7.55. The van der Waals surface area contributed by atoms with Crippen molar-refractivity contribution in [2.45, 2.75) is 76.3 Å². The quantitative estimate of drug-likeness (QED) is 0.271. The van der Waals surface area contributed by atoms with Crippen molar-refractivity contribution < 1.29 is 23.1 Å². The van der Waals surface area contributed by atoms with Crippen molar-refractivity contribution in [1.82, 2.24) is 4.72 Å². The molecule has 2 aliphatic heterocycles. The molecule has 2 bridgehead atoms. The summed E-state index contributed by atoms with van der Waals surface area (Å²) in [7, 11) is -4.02. The number of aliphatic hydroxyl groups is 1. The molecule has 3 aromatic carbocycles. The number of benzene rings is 3. The van der Waals surface area contributed by atoms with Gasteiger partial charge in [-0.25, -0.2) is 13.1 Å². The number of carbonyl (C=O) groups excluding carboxylic acids is 1. The molecule has 1 amide bonds. The standard InChI is InChI=1S/C38H45ClN2O5S/c1-25-9-8-13-34(37(42)27-10-4-3-5-11-27)33-18-15-30(33)23-41-20-7-6-12-28-21-32(39)17-14-31(28)24-46-36-19-16-29(22-35(36)41)38(43)40-47(44,45)26(25)2/h3-5,10-11,14,16-17,19,21-22,26,30,33-34,37,42H,1,6-9,12-13,15,18,20,23-24H2,2H3,(H,40,43)/t26-,30+,33-,34+,37-/m1/s1. The molecular weight excluding hydrogens is 632 g/mol. The maximum Gasteiger partial charge on any atom is 0.264 e. The average Bonchev–Trinajstić information content (AvgIpc) is 3.08. The van der Waals surface area contributed by atoms with Crippen LogP contribution in [0, 0.1) is 17.8 Å². The van der Waals surface area contributed by atoms with E-state index >= 15 is 0 Å². The molecule has 2 N–H and O–H groups in total. The van der Waals surface area contributed by atoms with E-state index in [2.05, 4.69) is 16.2 Å². The maximum atomic E-state index is 13.5. The van der Waals surface area contributed by atoms with Gasteiger partial charge in [0.25, 0.3) is 5.91 Å². The highest BCUT2D eigenvalue weighted by molar-refractivity contribution is 7.90. The summed E-state index contributed by atoms with van der Waals surface area (Å²) in [5.41, 5.74) is 4.75. The molecule has 1 saturated carbocycles.